The monoisotopic (exact) mass is 240 g/mol. The lowest BCUT2D eigenvalue weighted by Gasteiger charge is -2.27. The van der Waals surface area contributed by atoms with Gasteiger partial charge >= 0.3 is 12.1 Å². The first-order chi connectivity index (χ1) is 7.28. The molecular formula is C10H15F3O3. The average molecular weight is 240 g/mol. The van der Waals surface area contributed by atoms with Crippen molar-refractivity contribution in [2.24, 2.45) is 5.41 Å². The van der Waals surface area contributed by atoms with Crippen molar-refractivity contribution in [1.29, 1.82) is 0 Å². The van der Waals surface area contributed by atoms with Crippen molar-refractivity contribution in [3.05, 3.63) is 0 Å². The van der Waals surface area contributed by atoms with Crippen molar-refractivity contribution in [2.45, 2.75) is 44.9 Å². The van der Waals surface area contributed by atoms with Crippen LogP contribution in [-0.2, 0) is 9.53 Å². The second-order valence-electron chi connectivity index (χ2n) is 4.19. The van der Waals surface area contributed by atoms with Gasteiger partial charge in [0.05, 0.1) is 11.5 Å². The minimum Gasteiger partial charge on any atom is -0.481 e. The molecule has 1 heterocycles. The maximum Gasteiger partial charge on any atom is 0.389 e. The first-order valence-electron chi connectivity index (χ1n) is 5.20. The van der Waals surface area contributed by atoms with Gasteiger partial charge in [-0.05, 0) is 26.2 Å². The van der Waals surface area contributed by atoms with E-state index in [0.717, 1.165) is 0 Å². The Morgan fingerprint density at radius 3 is 2.56 bits per heavy atom. The van der Waals surface area contributed by atoms with Gasteiger partial charge in [0.25, 0.3) is 0 Å². The largest absolute Gasteiger partial charge is 0.481 e. The van der Waals surface area contributed by atoms with Crippen LogP contribution in [0.3, 0.4) is 0 Å². The Labute approximate surface area is 91.6 Å². The van der Waals surface area contributed by atoms with Crippen LogP contribution in [0.1, 0.15) is 32.6 Å². The van der Waals surface area contributed by atoms with Gasteiger partial charge in [0.2, 0.25) is 0 Å². The van der Waals surface area contributed by atoms with Crippen LogP contribution in [-0.4, -0.2) is 30.0 Å². The highest BCUT2D eigenvalue weighted by molar-refractivity contribution is 5.75. The molecule has 16 heavy (non-hydrogen) atoms. The lowest BCUT2D eigenvalue weighted by molar-refractivity contribution is -0.155. The molecule has 6 heteroatoms. The van der Waals surface area contributed by atoms with Gasteiger partial charge in [-0.1, -0.05) is 0 Å². The summed E-state index contributed by atoms with van der Waals surface area (Å²) in [5.41, 5.74) is -1.13. The van der Waals surface area contributed by atoms with E-state index in [1.165, 1.54) is 0 Å². The summed E-state index contributed by atoms with van der Waals surface area (Å²) >= 11 is 0. The smallest absolute Gasteiger partial charge is 0.389 e. The van der Waals surface area contributed by atoms with Crippen LogP contribution in [0.5, 0.6) is 0 Å². The van der Waals surface area contributed by atoms with Crippen molar-refractivity contribution in [1.82, 2.24) is 0 Å². The van der Waals surface area contributed by atoms with E-state index in [4.69, 9.17) is 9.84 Å². The van der Waals surface area contributed by atoms with Crippen LogP contribution >= 0.6 is 0 Å². The predicted octanol–water partition coefficient (Wildman–Crippen LogP) is 2.60. The number of hydrogen-bond donors (Lipinski definition) is 1. The first kappa shape index (κ1) is 13.3. The van der Waals surface area contributed by atoms with Crippen LogP contribution in [0.2, 0.25) is 0 Å². The summed E-state index contributed by atoms with van der Waals surface area (Å²) in [5.74, 6) is -1.06. The standard InChI is InChI=1S/C10H15F3O3/c1-7-9(8(14)15,5-6-16-7)3-2-4-10(11,12)13/h7H,2-6H2,1H3,(H,14,15). The van der Waals surface area contributed by atoms with Crippen molar-refractivity contribution < 1.29 is 27.8 Å². The zero-order valence-corrected chi connectivity index (χ0v) is 9.01. The highest BCUT2D eigenvalue weighted by Crippen LogP contribution is 2.40. The minimum atomic E-state index is -4.22. The Morgan fingerprint density at radius 2 is 2.19 bits per heavy atom. The van der Waals surface area contributed by atoms with Crippen molar-refractivity contribution in [3.8, 4) is 0 Å². The summed E-state index contributed by atoms with van der Waals surface area (Å²) in [7, 11) is 0. The van der Waals surface area contributed by atoms with E-state index >= 15 is 0 Å². The summed E-state index contributed by atoms with van der Waals surface area (Å²) in [6, 6.07) is 0. The average Bonchev–Trinajstić information content (AvgIpc) is 2.46. The molecule has 1 rings (SSSR count). The molecule has 0 amide bonds. The normalized spacial score (nSPS) is 30.6. The third-order valence-electron chi connectivity index (χ3n) is 3.20. The molecule has 0 aliphatic carbocycles. The quantitative estimate of drug-likeness (QED) is 0.821. The predicted molar refractivity (Wildman–Crippen MR) is 50.0 cm³/mol. The van der Waals surface area contributed by atoms with Gasteiger partial charge in [0.1, 0.15) is 0 Å². The number of halogens is 3. The van der Waals surface area contributed by atoms with Gasteiger partial charge in [-0.3, -0.25) is 4.79 Å². The van der Waals surface area contributed by atoms with Crippen LogP contribution < -0.4 is 0 Å². The van der Waals surface area contributed by atoms with Crippen molar-refractivity contribution in [2.75, 3.05) is 6.61 Å². The van der Waals surface area contributed by atoms with E-state index in [-0.39, 0.29) is 12.8 Å². The molecule has 0 aromatic rings. The third kappa shape index (κ3) is 2.87. The molecule has 0 saturated carbocycles. The molecule has 0 bridgehead atoms. The maximum atomic E-state index is 12.0. The number of carboxylic acid groups (broad SMARTS) is 1. The lowest BCUT2D eigenvalue weighted by atomic mass is 9.77. The van der Waals surface area contributed by atoms with Gasteiger partial charge in [-0.2, -0.15) is 13.2 Å². The number of carboxylic acids is 1. The molecule has 3 nitrogen and oxygen atoms in total. The molecule has 0 spiro atoms. The van der Waals surface area contributed by atoms with Gasteiger partial charge in [-0.25, -0.2) is 0 Å². The fourth-order valence-corrected chi connectivity index (χ4v) is 2.10. The number of ether oxygens (including phenoxy) is 1. The second-order valence-corrected chi connectivity index (χ2v) is 4.19. The highest BCUT2D eigenvalue weighted by atomic mass is 19.4. The summed E-state index contributed by atoms with van der Waals surface area (Å²) in [6.45, 7) is 1.91. The van der Waals surface area contributed by atoms with Crippen LogP contribution in [0.15, 0.2) is 0 Å². The summed E-state index contributed by atoms with van der Waals surface area (Å²) in [5, 5.41) is 9.10. The van der Waals surface area contributed by atoms with Gasteiger partial charge < -0.3 is 9.84 Å². The van der Waals surface area contributed by atoms with Crippen LogP contribution in [0, 0.1) is 5.41 Å². The number of rotatable bonds is 4. The van der Waals surface area contributed by atoms with Crippen LogP contribution in [0.25, 0.3) is 0 Å². The van der Waals surface area contributed by atoms with E-state index in [1.54, 1.807) is 6.92 Å². The zero-order chi connectivity index (χ0) is 12.4. The Bertz CT molecular complexity index is 265. The maximum absolute atomic E-state index is 12.0. The Kier molecular flexibility index (Phi) is 3.83. The van der Waals surface area contributed by atoms with Gasteiger partial charge in [-0.15, -0.1) is 0 Å². The van der Waals surface area contributed by atoms with Crippen LogP contribution in [0.4, 0.5) is 13.2 Å². The topological polar surface area (TPSA) is 46.5 Å². The molecule has 1 aliphatic rings. The van der Waals surface area contributed by atoms with Gasteiger partial charge in [0, 0.05) is 13.0 Å². The molecule has 0 aromatic heterocycles. The van der Waals surface area contributed by atoms with E-state index in [0.29, 0.717) is 13.0 Å². The second kappa shape index (κ2) is 4.61. The van der Waals surface area contributed by atoms with Gasteiger partial charge in [0.15, 0.2) is 0 Å². The van der Waals surface area contributed by atoms with Crippen molar-refractivity contribution >= 4 is 5.97 Å². The van der Waals surface area contributed by atoms with Crippen molar-refractivity contribution in [3.63, 3.8) is 0 Å². The van der Waals surface area contributed by atoms with E-state index in [2.05, 4.69) is 0 Å². The molecule has 94 valence electrons. The molecule has 0 aromatic carbocycles. The highest BCUT2D eigenvalue weighted by Gasteiger charge is 2.48. The first-order valence-corrected chi connectivity index (χ1v) is 5.20. The SMILES string of the molecule is CC1OCCC1(CCCC(F)(F)F)C(=O)O. The number of aliphatic carboxylic acids is 1. The zero-order valence-electron chi connectivity index (χ0n) is 9.01. The minimum absolute atomic E-state index is 0.0169. The summed E-state index contributed by atoms with van der Waals surface area (Å²) in [4.78, 5) is 11.1. The Morgan fingerprint density at radius 1 is 1.56 bits per heavy atom. The Hall–Kier alpha value is -0.780. The number of carbonyl (C=O) groups is 1. The third-order valence-corrected chi connectivity index (χ3v) is 3.20. The number of alkyl halides is 3. The molecule has 1 fully saturated rings. The molecule has 1 aliphatic heterocycles. The van der Waals surface area contributed by atoms with E-state index in [1.807, 2.05) is 0 Å². The lowest BCUT2D eigenvalue weighted by Crippen LogP contribution is -2.37. The van der Waals surface area contributed by atoms with E-state index in [9.17, 15) is 18.0 Å². The Balaban J connectivity index is 2.57. The van der Waals surface area contributed by atoms with E-state index < -0.39 is 30.1 Å². The fraction of sp³-hybridized carbons (Fsp3) is 0.900. The molecular weight excluding hydrogens is 225 g/mol. The molecule has 2 atom stereocenters. The molecule has 1 N–H and O–H groups in total. The summed E-state index contributed by atoms with van der Waals surface area (Å²) in [6.07, 6.45) is -5.52. The fourth-order valence-electron chi connectivity index (χ4n) is 2.10. The number of hydrogen-bond acceptors (Lipinski definition) is 2. The molecule has 2 unspecified atom stereocenters. The summed E-state index contributed by atoms with van der Waals surface area (Å²) < 4.78 is 41.1. The molecule has 1 saturated heterocycles. The molecule has 0 radical (unpaired) electrons.